The minimum absolute atomic E-state index is 0.0568. The third kappa shape index (κ3) is 7.29. The molecule has 1 fully saturated rings. The first-order valence-corrected chi connectivity index (χ1v) is 16.9. The lowest BCUT2D eigenvalue weighted by Gasteiger charge is -2.35. The molecule has 0 unspecified atom stereocenters. The second kappa shape index (κ2) is 13.8. The van der Waals surface area contributed by atoms with E-state index in [1.165, 1.54) is 18.5 Å². The fourth-order valence-electron chi connectivity index (χ4n) is 6.83. The van der Waals surface area contributed by atoms with Gasteiger partial charge in [0, 0.05) is 17.2 Å². The van der Waals surface area contributed by atoms with Crippen molar-refractivity contribution in [3.05, 3.63) is 84.0 Å². The van der Waals surface area contributed by atoms with Crippen molar-refractivity contribution in [3.63, 3.8) is 0 Å². The summed E-state index contributed by atoms with van der Waals surface area (Å²) in [5.41, 5.74) is 3.57. The molecule has 11 nitrogen and oxygen atoms in total. The van der Waals surface area contributed by atoms with Gasteiger partial charge < -0.3 is 10.5 Å². The van der Waals surface area contributed by atoms with Gasteiger partial charge in [0.25, 0.3) is 18.3 Å². The van der Waals surface area contributed by atoms with Crippen LogP contribution < -0.4 is 5.73 Å². The summed E-state index contributed by atoms with van der Waals surface area (Å²) in [4.78, 5) is 37.2. The van der Waals surface area contributed by atoms with Crippen molar-refractivity contribution < 1.29 is 45.1 Å². The molecule has 2 atom stereocenters. The number of esters is 1. The van der Waals surface area contributed by atoms with E-state index in [0.29, 0.717) is 26.1 Å². The normalized spacial score (nSPS) is 19.1. The molecule has 288 valence electrons. The summed E-state index contributed by atoms with van der Waals surface area (Å²) in [7, 11) is 0. The van der Waals surface area contributed by atoms with Crippen LogP contribution in [0.4, 0.5) is 30.7 Å². The van der Waals surface area contributed by atoms with Gasteiger partial charge in [0.05, 0.1) is 18.7 Å². The average Bonchev–Trinajstić information content (AvgIpc) is 3.40. The highest BCUT2D eigenvalue weighted by Crippen LogP contribution is 2.59. The zero-order chi connectivity index (χ0) is 39.4. The second-order valence-electron chi connectivity index (χ2n) is 14.9. The lowest BCUT2D eigenvalue weighted by molar-refractivity contribution is -0.153. The Morgan fingerprint density at radius 3 is 2.26 bits per heavy atom. The monoisotopic (exact) mass is 762 g/mol. The van der Waals surface area contributed by atoms with Gasteiger partial charge in [0.2, 0.25) is 0 Å². The Bertz CT molecular complexity index is 2070. The molecule has 6 rings (SSSR count). The highest BCUT2D eigenvalue weighted by atomic mass is 19.3. The number of nitrogens with zero attached hydrogens (tertiary/aromatic N) is 7. The molecule has 54 heavy (non-hydrogen) atoms. The van der Waals surface area contributed by atoms with Gasteiger partial charge in [-0.2, -0.15) is 19.0 Å². The van der Waals surface area contributed by atoms with Crippen LogP contribution in [0.3, 0.4) is 0 Å². The van der Waals surface area contributed by atoms with Gasteiger partial charge in [-0.05, 0) is 60.4 Å². The number of guanidine groups is 1. The number of benzene rings is 2. The summed E-state index contributed by atoms with van der Waals surface area (Å²) in [5, 5.41) is 7.41. The number of rotatable bonds is 13. The van der Waals surface area contributed by atoms with Crippen LogP contribution in [0.25, 0.3) is 16.8 Å². The molecule has 0 radical (unpaired) electrons. The maximum absolute atomic E-state index is 15.3. The third-order valence-corrected chi connectivity index (χ3v) is 9.74. The molecule has 1 aliphatic heterocycles. The standard InChI is InChI=1S/C36H37F7N8O3/c1-33(2,3)18-36(23-8-5-20(6-9-23)22-15-46-49(16-22)31(40)41)30(53)50(32(44)48-36)26(17-54-27(52)14-35(11-12-35)34(4,42)43)21-7-10-24(37)25(13-21)51-29(28(38)39)45-19-47-51/h5-10,13,15-16,19,26,28,31H,11-12,14,17-18H2,1-4H3,(H2,44,48)/t26-,36-/m1/s1. The second-order valence-corrected chi connectivity index (χ2v) is 14.9. The highest BCUT2D eigenvalue weighted by Gasteiger charge is 2.60. The molecular weight excluding hydrogens is 725 g/mol. The SMILES string of the molecule is CC(C)(C)C[C@]1(c2ccc(-c3cnn(C(F)F)c3)cc2)N=C(N)N([C@H](COC(=O)CC2(C(C)(F)F)CC2)c2ccc(F)c(-n3ncnc3C(F)F)c2)C1=O. The van der Waals surface area contributed by atoms with Crippen LogP contribution in [0.1, 0.15) is 89.3 Å². The molecule has 2 N–H and O–H groups in total. The first kappa shape index (κ1) is 38.4. The zero-order valence-electron chi connectivity index (χ0n) is 29.6. The first-order valence-electron chi connectivity index (χ1n) is 16.9. The predicted molar refractivity (Wildman–Crippen MR) is 180 cm³/mol. The first-order chi connectivity index (χ1) is 25.2. The Labute approximate surface area is 305 Å². The maximum atomic E-state index is 15.3. The fourth-order valence-corrected chi connectivity index (χ4v) is 6.83. The van der Waals surface area contributed by atoms with Gasteiger partial charge in [-0.15, -0.1) is 0 Å². The fraction of sp³-hybridized carbons (Fsp3) is 0.444. The van der Waals surface area contributed by atoms with Crippen molar-refractivity contribution in [2.24, 2.45) is 21.6 Å². The largest absolute Gasteiger partial charge is 0.463 e. The summed E-state index contributed by atoms with van der Waals surface area (Å²) in [5.74, 6) is -6.99. The van der Waals surface area contributed by atoms with E-state index in [0.717, 1.165) is 30.3 Å². The number of halogens is 7. The number of aliphatic imine (C=N–C) groups is 1. The molecule has 0 bridgehead atoms. The Morgan fingerprint density at radius 2 is 1.69 bits per heavy atom. The minimum Gasteiger partial charge on any atom is -0.463 e. The van der Waals surface area contributed by atoms with Gasteiger partial charge in [-0.25, -0.2) is 41.3 Å². The van der Waals surface area contributed by atoms with Crippen LogP contribution in [-0.2, 0) is 19.9 Å². The lowest BCUT2D eigenvalue weighted by atomic mass is 9.75. The summed E-state index contributed by atoms with van der Waals surface area (Å²) in [6.45, 7) is 2.82. The third-order valence-electron chi connectivity index (χ3n) is 9.74. The number of nitrogens with two attached hydrogens (primary N) is 1. The van der Waals surface area contributed by atoms with E-state index in [2.05, 4.69) is 20.2 Å². The van der Waals surface area contributed by atoms with Crippen molar-refractivity contribution in [2.75, 3.05) is 6.61 Å². The van der Waals surface area contributed by atoms with Crippen molar-refractivity contribution >= 4 is 17.8 Å². The maximum Gasteiger partial charge on any atom is 0.333 e. The molecule has 4 aromatic rings. The van der Waals surface area contributed by atoms with E-state index in [4.69, 9.17) is 10.5 Å². The number of hydrogen-bond donors (Lipinski definition) is 1. The van der Waals surface area contributed by atoms with E-state index < -0.39 is 83.5 Å². The summed E-state index contributed by atoms with van der Waals surface area (Å²) >= 11 is 0. The average molecular weight is 763 g/mol. The van der Waals surface area contributed by atoms with Crippen molar-refractivity contribution in [2.45, 2.75) is 83.9 Å². The van der Waals surface area contributed by atoms with Crippen LogP contribution in [0.15, 0.2) is 66.2 Å². The molecular formula is C36H37F7N8O3. The van der Waals surface area contributed by atoms with Crippen molar-refractivity contribution in [1.29, 1.82) is 0 Å². The van der Waals surface area contributed by atoms with E-state index in [1.54, 1.807) is 24.3 Å². The van der Waals surface area contributed by atoms with Gasteiger partial charge in [-0.1, -0.05) is 51.1 Å². The van der Waals surface area contributed by atoms with Crippen LogP contribution in [-0.4, -0.2) is 59.8 Å². The smallest absolute Gasteiger partial charge is 0.333 e. The van der Waals surface area contributed by atoms with Gasteiger partial charge in [0.15, 0.2) is 17.3 Å². The van der Waals surface area contributed by atoms with Crippen molar-refractivity contribution in [1.82, 2.24) is 29.4 Å². The molecule has 1 aliphatic carbocycles. The van der Waals surface area contributed by atoms with Crippen LogP contribution in [0.5, 0.6) is 0 Å². The summed E-state index contributed by atoms with van der Waals surface area (Å²) < 4.78 is 104. The molecule has 1 saturated carbocycles. The molecule has 0 spiro atoms. The Balaban J connectivity index is 1.40. The number of carbonyl (C=O) groups is 2. The molecule has 2 aliphatic rings. The molecule has 2 aromatic heterocycles. The minimum atomic E-state index is -3.16. The van der Waals surface area contributed by atoms with E-state index in [1.807, 2.05) is 20.8 Å². The summed E-state index contributed by atoms with van der Waals surface area (Å²) in [6, 6.07) is 8.35. The Morgan fingerprint density at radius 1 is 1.00 bits per heavy atom. The van der Waals surface area contributed by atoms with Crippen LogP contribution in [0, 0.1) is 16.6 Å². The van der Waals surface area contributed by atoms with Crippen LogP contribution >= 0.6 is 0 Å². The Kier molecular flexibility index (Phi) is 9.85. The predicted octanol–water partition coefficient (Wildman–Crippen LogP) is 7.50. The molecule has 3 heterocycles. The number of amides is 1. The Hall–Kier alpha value is -5.29. The van der Waals surface area contributed by atoms with Crippen LogP contribution in [0.2, 0.25) is 0 Å². The zero-order valence-corrected chi connectivity index (χ0v) is 29.6. The van der Waals surface area contributed by atoms with E-state index in [-0.39, 0.29) is 30.8 Å². The molecule has 0 saturated heterocycles. The quantitative estimate of drug-likeness (QED) is 0.110. The van der Waals surface area contributed by atoms with Gasteiger partial charge in [-0.3, -0.25) is 14.5 Å². The molecule has 2 aromatic carbocycles. The molecule has 1 amide bonds. The number of alkyl halides is 6. The number of ether oxygens (including phenoxy) is 1. The number of aromatic nitrogens is 5. The van der Waals surface area contributed by atoms with Gasteiger partial charge >= 0.3 is 12.5 Å². The lowest BCUT2D eigenvalue weighted by Crippen LogP contribution is -2.47. The topological polar surface area (TPSA) is 134 Å². The van der Waals surface area contributed by atoms with E-state index in [9.17, 15) is 35.9 Å². The van der Waals surface area contributed by atoms with Gasteiger partial charge in [0.1, 0.15) is 24.4 Å². The van der Waals surface area contributed by atoms with E-state index >= 15 is 4.39 Å². The summed E-state index contributed by atoms with van der Waals surface area (Å²) in [6.07, 6.45) is -0.192. The molecule has 18 heteroatoms. The number of hydrogen-bond acceptors (Lipinski definition) is 8. The number of carbonyl (C=O) groups excluding carboxylic acids is 2. The highest BCUT2D eigenvalue weighted by molar-refractivity contribution is 6.07. The van der Waals surface area contributed by atoms with Crippen molar-refractivity contribution in [3.8, 4) is 16.8 Å².